The first kappa shape index (κ1) is 14.1. The minimum absolute atomic E-state index is 1.09. The number of hydrogen-bond acceptors (Lipinski definition) is 1. The van der Waals surface area contributed by atoms with Crippen LogP contribution in [0.2, 0.25) is 0 Å². The Morgan fingerprint density at radius 1 is 1.29 bits per heavy atom. The molecular weight excluding hydrogens is 224 g/mol. The fraction of sp³-hybridized carbons (Fsp3) is 0.375. The van der Waals surface area contributed by atoms with Crippen molar-refractivity contribution < 1.29 is 0 Å². The van der Waals surface area contributed by atoms with E-state index in [1.807, 2.05) is 25.6 Å². The lowest BCUT2D eigenvalue weighted by atomic mass is 10.0. The van der Waals surface area contributed by atoms with E-state index in [0.29, 0.717) is 0 Å². The lowest BCUT2D eigenvalue weighted by Gasteiger charge is -2.07. The standard InChI is InChI=1S/C14H16S.C2H6/c1-3-13(15-2)10-12-9-8-11-6-4-5-7-14(11)12;1-2/h3-7,9H,8,10H2,1-2H3;1-2H3/b13-3-;. The molecule has 2 rings (SSSR count). The average molecular weight is 246 g/mol. The van der Waals surface area contributed by atoms with Gasteiger partial charge in [-0.1, -0.05) is 50.3 Å². The van der Waals surface area contributed by atoms with Crippen LogP contribution in [-0.2, 0) is 6.42 Å². The molecular formula is C16H22S. The van der Waals surface area contributed by atoms with E-state index in [1.165, 1.54) is 21.6 Å². The molecule has 0 amide bonds. The molecule has 0 saturated carbocycles. The van der Waals surface area contributed by atoms with Gasteiger partial charge in [-0.15, -0.1) is 11.8 Å². The summed E-state index contributed by atoms with van der Waals surface area (Å²) in [4.78, 5) is 1.46. The van der Waals surface area contributed by atoms with E-state index in [-0.39, 0.29) is 0 Å². The monoisotopic (exact) mass is 246 g/mol. The highest BCUT2D eigenvalue weighted by molar-refractivity contribution is 8.02. The molecule has 0 N–H and O–H groups in total. The molecule has 0 aliphatic heterocycles. The van der Waals surface area contributed by atoms with Gasteiger partial charge in [0, 0.05) is 6.42 Å². The van der Waals surface area contributed by atoms with Crippen LogP contribution in [0.4, 0.5) is 0 Å². The van der Waals surface area contributed by atoms with Gasteiger partial charge in [-0.25, -0.2) is 0 Å². The Labute approximate surface area is 110 Å². The fourth-order valence-corrected chi connectivity index (χ4v) is 2.54. The summed E-state index contributed by atoms with van der Waals surface area (Å²) in [5, 5.41) is 0. The molecule has 1 aliphatic carbocycles. The van der Waals surface area contributed by atoms with Gasteiger partial charge in [0.2, 0.25) is 0 Å². The molecule has 0 fully saturated rings. The SMILES string of the molecule is C/C=C(/CC1=CCc2ccccc21)SC.CC. The van der Waals surface area contributed by atoms with Crippen molar-refractivity contribution in [3.63, 3.8) is 0 Å². The number of fused-ring (bicyclic) bond motifs is 1. The largest absolute Gasteiger partial charge is 0.134 e. The smallest absolute Gasteiger partial charge is 0.00339 e. The maximum Gasteiger partial charge on any atom is 0.00339 e. The molecule has 0 aromatic heterocycles. The Kier molecular flexibility index (Phi) is 6.13. The highest BCUT2D eigenvalue weighted by Gasteiger charge is 2.13. The predicted molar refractivity (Wildman–Crippen MR) is 81.4 cm³/mol. The van der Waals surface area contributed by atoms with Gasteiger partial charge in [0.05, 0.1) is 0 Å². The van der Waals surface area contributed by atoms with Crippen molar-refractivity contribution >= 4 is 17.3 Å². The Morgan fingerprint density at radius 3 is 2.65 bits per heavy atom. The average Bonchev–Trinajstić information content (AvgIpc) is 2.81. The van der Waals surface area contributed by atoms with E-state index in [2.05, 4.69) is 49.6 Å². The normalized spacial score (nSPS) is 13.6. The molecule has 0 radical (unpaired) electrons. The summed E-state index contributed by atoms with van der Waals surface area (Å²) in [5.41, 5.74) is 4.42. The van der Waals surface area contributed by atoms with Crippen molar-refractivity contribution in [1.29, 1.82) is 0 Å². The molecule has 92 valence electrons. The zero-order valence-electron chi connectivity index (χ0n) is 11.3. The maximum atomic E-state index is 2.37. The number of rotatable bonds is 3. The third kappa shape index (κ3) is 3.50. The summed E-state index contributed by atoms with van der Waals surface area (Å²) in [6.45, 7) is 6.12. The number of thioether (sulfide) groups is 1. The molecule has 17 heavy (non-hydrogen) atoms. The van der Waals surface area contributed by atoms with Crippen molar-refractivity contribution in [3.05, 3.63) is 52.4 Å². The van der Waals surface area contributed by atoms with Gasteiger partial charge >= 0.3 is 0 Å². The van der Waals surface area contributed by atoms with Crippen LogP contribution in [0.25, 0.3) is 5.57 Å². The summed E-state index contributed by atoms with van der Waals surface area (Å²) in [6, 6.07) is 8.72. The van der Waals surface area contributed by atoms with Crippen LogP contribution in [-0.4, -0.2) is 6.26 Å². The van der Waals surface area contributed by atoms with Gasteiger partial charge in [-0.3, -0.25) is 0 Å². The minimum Gasteiger partial charge on any atom is -0.134 e. The van der Waals surface area contributed by atoms with Crippen LogP contribution >= 0.6 is 11.8 Å². The molecule has 0 nitrogen and oxygen atoms in total. The lowest BCUT2D eigenvalue weighted by molar-refractivity contribution is 1.31. The van der Waals surface area contributed by atoms with Gasteiger partial charge < -0.3 is 0 Å². The van der Waals surface area contributed by atoms with Gasteiger partial charge in [0.25, 0.3) is 0 Å². The topological polar surface area (TPSA) is 0 Å². The number of benzene rings is 1. The minimum atomic E-state index is 1.09. The summed E-state index contributed by atoms with van der Waals surface area (Å²) in [5.74, 6) is 0. The summed E-state index contributed by atoms with van der Waals surface area (Å²) >= 11 is 1.85. The van der Waals surface area contributed by atoms with Crippen LogP contribution < -0.4 is 0 Å². The molecule has 0 atom stereocenters. The van der Waals surface area contributed by atoms with E-state index >= 15 is 0 Å². The molecule has 1 aromatic rings. The fourth-order valence-electron chi connectivity index (χ4n) is 2.00. The van der Waals surface area contributed by atoms with E-state index in [1.54, 1.807) is 0 Å². The molecule has 0 bridgehead atoms. The van der Waals surface area contributed by atoms with Crippen LogP contribution in [0.5, 0.6) is 0 Å². The van der Waals surface area contributed by atoms with E-state index in [0.717, 1.165) is 12.8 Å². The van der Waals surface area contributed by atoms with Gasteiger partial charge in [0.15, 0.2) is 0 Å². The van der Waals surface area contributed by atoms with Crippen molar-refractivity contribution in [2.45, 2.75) is 33.6 Å². The highest BCUT2D eigenvalue weighted by Crippen LogP contribution is 2.34. The summed E-state index contributed by atoms with van der Waals surface area (Å²) in [6.07, 6.45) is 8.93. The van der Waals surface area contributed by atoms with Crippen molar-refractivity contribution in [2.75, 3.05) is 6.26 Å². The third-order valence-electron chi connectivity index (χ3n) is 2.88. The van der Waals surface area contributed by atoms with Crippen LogP contribution in [0.1, 0.15) is 38.3 Å². The Bertz CT molecular complexity index is 413. The van der Waals surface area contributed by atoms with Crippen molar-refractivity contribution in [2.24, 2.45) is 0 Å². The van der Waals surface area contributed by atoms with Crippen LogP contribution in [0.15, 0.2) is 41.3 Å². The van der Waals surface area contributed by atoms with Gasteiger partial charge in [-0.05, 0) is 41.2 Å². The molecule has 1 heteroatoms. The van der Waals surface area contributed by atoms with E-state index < -0.39 is 0 Å². The van der Waals surface area contributed by atoms with Crippen molar-refractivity contribution in [3.8, 4) is 0 Å². The molecule has 1 aromatic carbocycles. The molecule has 0 unspecified atom stereocenters. The first-order valence-corrected chi connectivity index (χ1v) is 7.54. The quantitative estimate of drug-likeness (QED) is 0.696. The van der Waals surface area contributed by atoms with Gasteiger partial charge in [-0.2, -0.15) is 0 Å². The van der Waals surface area contributed by atoms with Crippen molar-refractivity contribution in [1.82, 2.24) is 0 Å². The molecule has 1 aliphatic rings. The van der Waals surface area contributed by atoms with E-state index in [4.69, 9.17) is 0 Å². The van der Waals surface area contributed by atoms with Gasteiger partial charge in [0.1, 0.15) is 0 Å². The number of allylic oxidation sites excluding steroid dienone is 4. The lowest BCUT2D eigenvalue weighted by Crippen LogP contribution is -1.85. The molecule has 0 heterocycles. The Hall–Kier alpha value is -0.950. The number of hydrogen-bond donors (Lipinski definition) is 0. The summed E-state index contributed by atoms with van der Waals surface area (Å²) in [7, 11) is 0. The second kappa shape index (κ2) is 7.39. The molecule has 0 saturated heterocycles. The van der Waals surface area contributed by atoms with Crippen LogP contribution in [0.3, 0.4) is 0 Å². The predicted octanol–water partition coefficient (Wildman–Crippen LogP) is 5.31. The third-order valence-corrected chi connectivity index (χ3v) is 3.78. The second-order valence-electron chi connectivity index (χ2n) is 3.73. The zero-order valence-corrected chi connectivity index (χ0v) is 12.1. The summed E-state index contributed by atoms with van der Waals surface area (Å²) < 4.78 is 0. The Morgan fingerprint density at radius 2 is 2.00 bits per heavy atom. The molecule has 0 spiro atoms. The first-order chi connectivity index (χ1) is 8.35. The Balaban J connectivity index is 0.000000686. The van der Waals surface area contributed by atoms with Crippen LogP contribution in [0, 0.1) is 0 Å². The first-order valence-electron chi connectivity index (χ1n) is 6.31. The second-order valence-corrected chi connectivity index (χ2v) is 4.66. The van der Waals surface area contributed by atoms with E-state index in [9.17, 15) is 0 Å². The highest BCUT2D eigenvalue weighted by atomic mass is 32.2. The maximum absolute atomic E-state index is 2.37. The zero-order chi connectivity index (χ0) is 12.7.